The van der Waals surface area contributed by atoms with Crippen LogP contribution in [0.5, 0.6) is 0 Å². The number of tetrazole rings is 1. The molecule has 0 saturated carbocycles. The standard InChI is InChI=1S/C17H14F3N9O2/c1-8-3-9(6-21)4-11(14(30)22-2)13(8)23-15(31)12-5-10(24-25-12)7-29-16(17(18,19)20)26-27-28-29/h3-5H,7H2,1-2H3,(H,22,30)(H,23,31)(H,24,25). The van der Waals surface area contributed by atoms with E-state index in [0.717, 1.165) is 0 Å². The van der Waals surface area contributed by atoms with Gasteiger partial charge in [-0.15, -0.1) is 5.10 Å². The summed E-state index contributed by atoms with van der Waals surface area (Å²) in [6.07, 6.45) is -4.74. The Morgan fingerprint density at radius 2 is 2.00 bits per heavy atom. The van der Waals surface area contributed by atoms with Gasteiger partial charge in [-0.2, -0.15) is 23.5 Å². The highest BCUT2D eigenvalue weighted by Gasteiger charge is 2.38. The van der Waals surface area contributed by atoms with Gasteiger partial charge in [0.05, 0.1) is 35.1 Å². The monoisotopic (exact) mass is 433 g/mol. The van der Waals surface area contributed by atoms with Crippen LogP contribution >= 0.6 is 0 Å². The van der Waals surface area contributed by atoms with Crippen molar-refractivity contribution in [3.63, 3.8) is 0 Å². The largest absolute Gasteiger partial charge is 0.453 e. The van der Waals surface area contributed by atoms with Crippen molar-refractivity contribution >= 4 is 17.5 Å². The minimum Gasteiger partial charge on any atom is -0.355 e. The molecule has 2 amide bonds. The van der Waals surface area contributed by atoms with E-state index in [1.54, 1.807) is 6.92 Å². The number of amides is 2. The maximum atomic E-state index is 12.9. The van der Waals surface area contributed by atoms with Crippen LogP contribution in [0.4, 0.5) is 18.9 Å². The van der Waals surface area contributed by atoms with E-state index in [-0.39, 0.29) is 28.2 Å². The first kappa shape index (κ1) is 21.4. The second kappa shape index (κ2) is 8.22. The molecule has 0 bridgehead atoms. The van der Waals surface area contributed by atoms with Gasteiger partial charge in [-0.3, -0.25) is 14.7 Å². The van der Waals surface area contributed by atoms with Gasteiger partial charge in [-0.1, -0.05) is 0 Å². The van der Waals surface area contributed by atoms with Gasteiger partial charge in [0, 0.05) is 7.05 Å². The lowest BCUT2D eigenvalue weighted by Gasteiger charge is -2.13. The number of H-pyrrole nitrogens is 1. The molecular weight excluding hydrogens is 419 g/mol. The predicted molar refractivity (Wildman–Crippen MR) is 97.7 cm³/mol. The number of benzene rings is 1. The topological polar surface area (TPSA) is 154 Å². The number of alkyl halides is 3. The molecule has 0 aliphatic heterocycles. The molecule has 0 fully saturated rings. The van der Waals surface area contributed by atoms with Crippen molar-refractivity contribution in [3.8, 4) is 6.07 Å². The third kappa shape index (κ3) is 4.50. The van der Waals surface area contributed by atoms with Crippen molar-refractivity contribution in [1.29, 1.82) is 5.26 Å². The molecule has 0 spiro atoms. The van der Waals surface area contributed by atoms with Gasteiger partial charge in [-0.05, 0) is 41.1 Å². The number of halogens is 3. The minimum absolute atomic E-state index is 0.0756. The Bertz CT molecular complexity index is 1190. The number of carbonyl (C=O) groups is 2. The van der Waals surface area contributed by atoms with Crippen LogP contribution in [-0.4, -0.2) is 49.3 Å². The second-order valence-corrected chi connectivity index (χ2v) is 6.30. The first-order valence-electron chi connectivity index (χ1n) is 8.60. The summed E-state index contributed by atoms with van der Waals surface area (Å²) in [7, 11) is 1.40. The fraction of sp³-hybridized carbons (Fsp3) is 0.235. The fourth-order valence-corrected chi connectivity index (χ4v) is 2.74. The summed E-state index contributed by atoms with van der Waals surface area (Å²) in [5, 5.41) is 29.6. The molecule has 31 heavy (non-hydrogen) atoms. The third-order valence-corrected chi connectivity index (χ3v) is 4.14. The summed E-state index contributed by atoms with van der Waals surface area (Å²) in [5.74, 6) is -2.53. The Hall–Kier alpha value is -4.28. The van der Waals surface area contributed by atoms with Gasteiger partial charge in [0.15, 0.2) is 5.69 Å². The zero-order valence-corrected chi connectivity index (χ0v) is 16.1. The van der Waals surface area contributed by atoms with E-state index in [0.29, 0.717) is 10.2 Å². The minimum atomic E-state index is -4.74. The molecule has 160 valence electrons. The van der Waals surface area contributed by atoms with Crippen LogP contribution in [0, 0.1) is 18.3 Å². The fourth-order valence-electron chi connectivity index (χ4n) is 2.74. The molecule has 3 rings (SSSR count). The molecule has 2 heterocycles. The molecule has 0 radical (unpaired) electrons. The van der Waals surface area contributed by atoms with E-state index in [2.05, 4.69) is 36.4 Å². The SMILES string of the molecule is CNC(=O)c1cc(C#N)cc(C)c1NC(=O)c1cc(Cn2nnnc2C(F)(F)F)[nH]n1. The number of anilines is 1. The van der Waals surface area contributed by atoms with Crippen LogP contribution in [0.2, 0.25) is 0 Å². The normalized spacial score (nSPS) is 11.1. The predicted octanol–water partition coefficient (Wildman–Crippen LogP) is 1.26. The molecule has 0 aliphatic carbocycles. The van der Waals surface area contributed by atoms with Crippen molar-refractivity contribution in [1.82, 2.24) is 35.7 Å². The van der Waals surface area contributed by atoms with E-state index in [9.17, 15) is 22.8 Å². The Morgan fingerprint density at radius 1 is 1.26 bits per heavy atom. The van der Waals surface area contributed by atoms with Crippen molar-refractivity contribution < 1.29 is 22.8 Å². The molecule has 0 atom stereocenters. The molecule has 2 aromatic heterocycles. The summed E-state index contributed by atoms with van der Waals surface area (Å²) in [6.45, 7) is 1.21. The lowest BCUT2D eigenvalue weighted by Crippen LogP contribution is -2.22. The first-order valence-corrected chi connectivity index (χ1v) is 8.60. The van der Waals surface area contributed by atoms with Gasteiger partial charge in [0.2, 0.25) is 0 Å². The van der Waals surface area contributed by atoms with Crippen LogP contribution in [-0.2, 0) is 12.7 Å². The second-order valence-electron chi connectivity index (χ2n) is 6.30. The molecule has 0 aliphatic rings. The van der Waals surface area contributed by atoms with Gasteiger partial charge in [0.25, 0.3) is 17.6 Å². The van der Waals surface area contributed by atoms with Crippen LogP contribution < -0.4 is 10.6 Å². The molecule has 3 aromatic rings. The lowest BCUT2D eigenvalue weighted by molar-refractivity contribution is -0.147. The quantitative estimate of drug-likeness (QED) is 0.547. The van der Waals surface area contributed by atoms with E-state index >= 15 is 0 Å². The van der Waals surface area contributed by atoms with Crippen LogP contribution in [0.3, 0.4) is 0 Å². The average molecular weight is 433 g/mol. The number of nitrogens with zero attached hydrogens (tertiary/aromatic N) is 6. The summed E-state index contributed by atoms with van der Waals surface area (Å²) in [6, 6.07) is 5.98. The molecule has 1 aromatic carbocycles. The van der Waals surface area contributed by atoms with E-state index in [4.69, 9.17) is 5.26 Å². The number of rotatable bonds is 5. The zero-order chi connectivity index (χ0) is 22.8. The van der Waals surface area contributed by atoms with Gasteiger partial charge in [-0.25, -0.2) is 4.68 Å². The number of nitrogens with one attached hydrogen (secondary N) is 3. The molecule has 0 saturated heterocycles. The summed E-state index contributed by atoms with van der Waals surface area (Å²) in [4.78, 5) is 24.8. The van der Waals surface area contributed by atoms with E-state index in [1.807, 2.05) is 6.07 Å². The first-order chi connectivity index (χ1) is 14.6. The average Bonchev–Trinajstić information content (AvgIpc) is 3.38. The van der Waals surface area contributed by atoms with Crippen molar-refractivity contribution in [2.45, 2.75) is 19.6 Å². The molecule has 3 N–H and O–H groups in total. The molecule has 0 unspecified atom stereocenters. The Morgan fingerprint density at radius 3 is 2.65 bits per heavy atom. The molecule has 14 heteroatoms. The third-order valence-electron chi connectivity index (χ3n) is 4.14. The number of aromatic amines is 1. The van der Waals surface area contributed by atoms with Crippen LogP contribution in [0.25, 0.3) is 0 Å². The zero-order valence-electron chi connectivity index (χ0n) is 16.1. The summed E-state index contributed by atoms with van der Waals surface area (Å²) >= 11 is 0. The molecule has 11 nitrogen and oxygen atoms in total. The maximum absolute atomic E-state index is 12.9. The number of carbonyl (C=O) groups excluding carboxylic acids is 2. The summed E-state index contributed by atoms with van der Waals surface area (Å²) in [5.41, 5.74) is 0.956. The van der Waals surface area contributed by atoms with Crippen LogP contribution in [0.1, 0.15) is 43.5 Å². The van der Waals surface area contributed by atoms with Gasteiger partial charge < -0.3 is 10.6 Å². The number of hydrogen-bond acceptors (Lipinski definition) is 7. The van der Waals surface area contributed by atoms with Crippen molar-refractivity contribution in [3.05, 3.63) is 52.1 Å². The van der Waals surface area contributed by atoms with Gasteiger partial charge in [0.1, 0.15) is 0 Å². The van der Waals surface area contributed by atoms with E-state index in [1.165, 1.54) is 25.2 Å². The summed E-state index contributed by atoms with van der Waals surface area (Å²) < 4.78 is 39.2. The van der Waals surface area contributed by atoms with Gasteiger partial charge >= 0.3 is 6.18 Å². The Balaban J connectivity index is 1.84. The molecular formula is C17H14F3N9O2. The van der Waals surface area contributed by atoms with Crippen LogP contribution in [0.15, 0.2) is 18.2 Å². The van der Waals surface area contributed by atoms with Crippen molar-refractivity contribution in [2.24, 2.45) is 0 Å². The highest BCUT2D eigenvalue weighted by molar-refractivity contribution is 6.09. The Kier molecular flexibility index (Phi) is 5.68. The number of hydrogen-bond donors (Lipinski definition) is 3. The lowest BCUT2D eigenvalue weighted by atomic mass is 10.0. The number of nitriles is 1. The van der Waals surface area contributed by atoms with E-state index < -0.39 is 30.4 Å². The maximum Gasteiger partial charge on any atom is 0.453 e. The number of aromatic nitrogens is 6. The highest BCUT2D eigenvalue weighted by atomic mass is 19.4. The highest BCUT2D eigenvalue weighted by Crippen LogP contribution is 2.27. The Labute approximate surface area is 172 Å². The van der Waals surface area contributed by atoms with Crippen molar-refractivity contribution in [2.75, 3.05) is 12.4 Å². The number of aryl methyl sites for hydroxylation is 1. The smallest absolute Gasteiger partial charge is 0.355 e.